The van der Waals surface area contributed by atoms with Gasteiger partial charge >= 0.3 is 0 Å². The van der Waals surface area contributed by atoms with Crippen LogP contribution in [0.4, 0.5) is 0 Å². The fourth-order valence-corrected chi connectivity index (χ4v) is 1.51. The summed E-state index contributed by atoms with van der Waals surface area (Å²) >= 11 is 0. The van der Waals surface area contributed by atoms with Gasteiger partial charge in [-0.25, -0.2) is 15.0 Å². The number of nitrogens with zero attached hydrogens (tertiary/aromatic N) is 3. The number of unbranched alkanes of at least 4 members (excludes halogenated alkanes) is 2. The highest BCUT2D eigenvalue weighted by Gasteiger charge is 2.04. The molecule has 3 nitrogen and oxygen atoms in total. The van der Waals surface area contributed by atoms with Crippen LogP contribution < -0.4 is 0 Å². The third-order valence-corrected chi connectivity index (χ3v) is 2.51. The second-order valence-corrected chi connectivity index (χ2v) is 4.02. The number of hydrogen-bond acceptors (Lipinski definition) is 3. The molecule has 0 fully saturated rings. The molecule has 3 heteroatoms. The van der Waals surface area contributed by atoms with E-state index in [-0.39, 0.29) is 0 Å². The first-order valence-corrected chi connectivity index (χ1v) is 6.33. The minimum Gasteiger partial charge on any atom is -0.218 e. The van der Waals surface area contributed by atoms with E-state index in [1.165, 1.54) is 12.8 Å². The van der Waals surface area contributed by atoms with Crippen molar-refractivity contribution in [2.24, 2.45) is 0 Å². The summed E-state index contributed by atoms with van der Waals surface area (Å²) in [5.41, 5.74) is 0. The Morgan fingerprint density at radius 1 is 0.875 bits per heavy atom. The molecule has 1 rings (SSSR count). The molecule has 1 aromatic heterocycles. The zero-order chi connectivity index (χ0) is 11.8. The Bertz CT molecular complexity index is 284. The standard InChI is InChI=1S/C13H22N3/c1-4-7-9-12-14-11(6-3)15-13(16-12)10-8-5-2/h6H,4-5,7-10H2,1-3H3. The van der Waals surface area contributed by atoms with Crippen LogP contribution in [0.2, 0.25) is 0 Å². The Kier molecular flexibility index (Phi) is 5.98. The monoisotopic (exact) mass is 220 g/mol. The molecule has 0 saturated heterocycles. The molecule has 0 bridgehead atoms. The second-order valence-electron chi connectivity index (χ2n) is 4.02. The van der Waals surface area contributed by atoms with Crippen LogP contribution in [0.5, 0.6) is 0 Å². The van der Waals surface area contributed by atoms with Gasteiger partial charge in [-0.15, -0.1) is 0 Å². The molecule has 1 heterocycles. The summed E-state index contributed by atoms with van der Waals surface area (Å²) in [6.07, 6.45) is 8.56. The average Bonchev–Trinajstić information content (AvgIpc) is 2.33. The van der Waals surface area contributed by atoms with E-state index in [1.807, 2.05) is 13.3 Å². The molecule has 0 aliphatic rings. The summed E-state index contributed by atoms with van der Waals surface area (Å²) in [4.78, 5) is 13.4. The third kappa shape index (κ3) is 4.25. The van der Waals surface area contributed by atoms with E-state index in [2.05, 4.69) is 28.8 Å². The molecule has 0 aromatic carbocycles. The quantitative estimate of drug-likeness (QED) is 0.708. The average molecular weight is 220 g/mol. The number of hydrogen-bond donors (Lipinski definition) is 0. The molecular weight excluding hydrogens is 198 g/mol. The lowest BCUT2D eigenvalue weighted by molar-refractivity contribution is 0.692. The van der Waals surface area contributed by atoms with Gasteiger partial charge in [-0.1, -0.05) is 33.6 Å². The van der Waals surface area contributed by atoms with Crippen LogP contribution in [0.25, 0.3) is 0 Å². The van der Waals surface area contributed by atoms with E-state index < -0.39 is 0 Å². The number of rotatable bonds is 7. The second kappa shape index (κ2) is 7.31. The molecule has 0 amide bonds. The van der Waals surface area contributed by atoms with Crippen molar-refractivity contribution in [2.45, 2.75) is 59.3 Å². The van der Waals surface area contributed by atoms with Gasteiger partial charge in [0.05, 0.1) is 0 Å². The zero-order valence-corrected chi connectivity index (χ0v) is 10.7. The predicted molar refractivity (Wildman–Crippen MR) is 66.1 cm³/mol. The summed E-state index contributed by atoms with van der Waals surface area (Å²) in [5.74, 6) is 2.74. The van der Waals surface area contributed by atoms with Crippen LogP contribution in [0.1, 0.15) is 63.9 Å². The fraction of sp³-hybridized carbons (Fsp3) is 0.692. The smallest absolute Gasteiger partial charge is 0.136 e. The van der Waals surface area contributed by atoms with Gasteiger partial charge < -0.3 is 0 Å². The molecule has 0 aliphatic carbocycles. The van der Waals surface area contributed by atoms with Gasteiger partial charge in [0.15, 0.2) is 0 Å². The van der Waals surface area contributed by atoms with Crippen LogP contribution in [0.3, 0.4) is 0 Å². The van der Waals surface area contributed by atoms with Crippen LogP contribution in [-0.2, 0) is 12.8 Å². The van der Waals surface area contributed by atoms with Crippen molar-refractivity contribution in [3.8, 4) is 0 Å². The minimum absolute atomic E-state index is 0.826. The molecule has 1 aromatic rings. The Morgan fingerprint density at radius 2 is 1.38 bits per heavy atom. The van der Waals surface area contributed by atoms with Gasteiger partial charge in [0.1, 0.15) is 17.5 Å². The van der Waals surface area contributed by atoms with Gasteiger partial charge in [0.25, 0.3) is 0 Å². The first-order valence-electron chi connectivity index (χ1n) is 6.33. The number of aromatic nitrogens is 3. The number of aryl methyl sites for hydroxylation is 2. The molecule has 0 N–H and O–H groups in total. The van der Waals surface area contributed by atoms with Gasteiger partial charge in [-0.3, -0.25) is 0 Å². The van der Waals surface area contributed by atoms with Crippen LogP contribution in [0.15, 0.2) is 0 Å². The maximum atomic E-state index is 4.51. The SMILES string of the molecule is C[CH]c1nc(CCCC)nc(CCCC)n1. The first kappa shape index (κ1) is 13.1. The normalized spacial score (nSPS) is 10.7. The van der Waals surface area contributed by atoms with E-state index in [0.717, 1.165) is 43.2 Å². The highest BCUT2D eigenvalue weighted by molar-refractivity contribution is 5.04. The summed E-state index contributed by atoms with van der Waals surface area (Å²) in [5, 5.41) is 0. The summed E-state index contributed by atoms with van der Waals surface area (Å²) in [6, 6.07) is 0. The van der Waals surface area contributed by atoms with E-state index in [9.17, 15) is 0 Å². The van der Waals surface area contributed by atoms with E-state index in [0.29, 0.717) is 0 Å². The van der Waals surface area contributed by atoms with Crippen LogP contribution >= 0.6 is 0 Å². The molecule has 0 atom stereocenters. The van der Waals surface area contributed by atoms with E-state index >= 15 is 0 Å². The van der Waals surface area contributed by atoms with Crippen molar-refractivity contribution in [3.63, 3.8) is 0 Å². The van der Waals surface area contributed by atoms with Crippen molar-refractivity contribution in [3.05, 3.63) is 23.9 Å². The van der Waals surface area contributed by atoms with E-state index in [1.54, 1.807) is 0 Å². The largest absolute Gasteiger partial charge is 0.218 e. The Morgan fingerprint density at radius 3 is 1.75 bits per heavy atom. The van der Waals surface area contributed by atoms with Crippen molar-refractivity contribution in [1.82, 2.24) is 15.0 Å². The summed E-state index contributed by atoms with van der Waals surface area (Å²) in [7, 11) is 0. The molecule has 0 saturated carbocycles. The molecule has 0 spiro atoms. The van der Waals surface area contributed by atoms with Crippen molar-refractivity contribution < 1.29 is 0 Å². The van der Waals surface area contributed by atoms with Crippen molar-refractivity contribution in [2.75, 3.05) is 0 Å². The lowest BCUT2D eigenvalue weighted by Crippen LogP contribution is -2.07. The summed E-state index contributed by atoms with van der Waals surface area (Å²) < 4.78 is 0. The summed E-state index contributed by atoms with van der Waals surface area (Å²) in [6.45, 7) is 6.35. The Balaban J connectivity index is 2.74. The maximum Gasteiger partial charge on any atom is 0.136 e. The van der Waals surface area contributed by atoms with Gasteiger partial charge in [-0.05, 0) is 12.8 Å². The topological polar surface area (TPSA) is 38.7 Å². The Labute approximate surface area is 98.7 Å². The van der Waals surface area contributed by atoms with Gasteiger partial charge in [0, 0.05) is 19.3 Å². The van der Waals surface area contributed by atoms with E-state index in [4.69, 9.17) is 0 Å². The van der Waals surface area contributed by atoms with Crippen molar-refractivity contribution >= 4 is 0 Å². The van der Waals surface area contributed by atoms with Gasteiger partial charge in [0.2, 0.25) is 0 Å². The lowest BCUT2D eigenvalue weighted by Gasteiger charge is -2.05. The van der Waals surface area contributed by atoms with Crippen LogP contribution in [0, 0.1) is 6.42 Å². The maximum absolute atomic E-state index is 4.51. The molecule has 1 radical (unpaired) electrons. The molecule has 16 heavy (non-hydrogen) atoms. The predicted octanol–water partition coefficient (Wildman–Crippen LogP) is 3.13. The minimum atomic E-state index is 0.826. The zero-order valence-electron chi connectivity index (χ0n) is 10.7. The van der Waals surface area contributed by atoms with Crippen LogP contribution in [-0.4, -0.2) is 15.0 Å². The highest BCUT2D eigenvalue weighted by atomic mass is 15.0. The Hall–Kier alpha value is -0.990. The van der Waals surface area contributed by atoms with Gasteiger partial charge in [-0.2, -0.15) is 0 Å². The highest BCUT2D eigenvalue weighted by Crippen LogP contribution is 2.05. The fourth-order valence-electron chi connectivity index (χ4n) is 1.51. The third-order valence-electron chi connectivity index (χ3n) is 2.51. The lowest BCUT2D eigenvalue weighted by atomic mass is 10.2. The molecule has 0 unspecified atom stereocenters. The first-order chi connectivity index (χ1) is 7.80. The molecule has 89 valence electrons. The molecular formula is C13H22N3. The molecule has 0 aliphatic heterocycles. The van der Waals surface area contributed by atoms with Crippen molar-refractivity contribution in [1.29, 1.82) is 0 Å².